The molecule has 0 radical (unpaired) electrons. The number of rotatable bonds is 13. The summed E-state index contributed by atoms with van der Waals surface area (Å²) in [6, 6.07) is 6.45. The first kappa shape index (κ1) is 35.9. The van der Waals surface area contributed by atoms with Crippen LogP contribution in [0.2, 0.25) is 0 Å². The van der Waals surface area contributed by atoms with Crippen molar-refractivity contribution in [3.05, 3.63) is 65.3 Å². The molecule has 1 aromatic carbocycles. The van der Waals surface area contributed by atoms with Crippen molar-refractivity contribution in [1.29, 1.82) is 0 Å². The standard InChI is InChI=1S/C20H37N3O2.C8H7NO4.C3H6/c1-5-10-22(4)18-8-11-23(12-9-18)14-16-6-7-17(13-16)21-19(15(2)3)20(24)25;10-6-13-5-7-1-3-8(4-2-7)9(11)12;1-3-2/h5,15-19,21H,1,6-14H2,2-4H3,(H,24,25);1-4,6H,5H2;3H,1H2,2H3/t16-,17?,19?;;/m1../s1. The highest BCUT2D eigenvalue weighted by Gasteiger charge is 2.32. The van der Waals surface area contributed by atoms with E-state index in [9.17, 15) is 24.8 Å². The molecule has 0 amide bonds. The van der Waals surface area contributed by atoms with Crippen molar-refractivity contribution < 1.29 is 24.4 Å². The topological polar surface area (TPSA) is 125 Å². The zero-order valence-electron chi connectivity index (χ0n) is 25.2. The van der Waals surface area contributed by atoms with Crippen LogP contribution in [0.25, 0.3) is 0 Å². The summed E-state index contributed by atoms with van der Waals surface area (Å²) < 4.78 is 4.47. The Kier molecular flexibility index (Phi) is 17.5. The Bertz CT molecular complexity index is 931. The molecule has 1 heterocycles. The van der Waals surface area contributed by atoms with Crippen LogP contribution in [-0.2, 0) is 20.9 Å². The number of carbonyl (C=O) groups is 2. The molecule has 0 spiro atoms. The molecule has 2 aliphatic rings. The number of carboxylic acids is 1. The predicted molar refractivity (Wildman–Crippen MR) is 163 cm³/mol. The monoisotopic (exact) mass is 574 g/mol. The molecule has 2 unspecified atom stereocenters. The van der Waals surface area contributed by atoms with Crippen LogP contribution >= 0.6 is 0 Å². The van der Waals surface area contributed by atoms with Gasteiger partial charge in [-0.2, -0.15) is 0 Å². The Morgan fingerprint density at radius 2 is 1.83 bits per heavy atom. The number of hydrogen-bond acceptors (Lipinski definition) is 8. The number of hydrogen-bond donors (Lipinski definition) is 2. The Hall–Kier alpha value is -3.08. The van der Waals surface area contributed by atoms with Crippen LogP contribution in [0.1, 0.15) is 58.4 Å². The Morgan fingerprint density at radius 3 is 2.32 bits per heavy atom. The zero-order chi connectivity index (χ0) is 30.8. The molecule has 0 bridgehead atoms. The smallest absolute Gasteiger partial charge is 0.320 e. The molecule has 1 aliphatic heterocycles. The highest BCUT2D eigenvalue weighted by atomic mass is 16.6. The van der Waals surface area contributed by atoms with Crippen LogP contribution in [0, 0.1) is 22.0 Å². The van der Waals surface area contributed by atoms with E-state index in [-0.39, 0.29) is 18.2 Å². The maximum Gasteiger partial charge on any atom is 0.320 e. The lowest BCUT2D eigenvalue weighted by Crippen LogP contribution is -2.46. The van der Waals surface area contributed by atoms with Gasteiger partial charge < -0.3 is 20.1 Å². The van der Waals surface area contributed by atoms with Gasteiger partial charge in [0.15, 0.2) is 0 Å². The SMILES string of the molecule is C=CC.C=CCN(C)C1CCN(C[C@@H]2CCC(NC(C(=O)O)C(C)C)C2)CC1.O=COCc1ccc([N+](=O)[O-])cc1. The number of likely N-dealkylation sites (tertiary alicyclic amines) is 1. The van der Waals surface area contributed by atoms with Gasteiger partial charge >= 0.3 is 5.97 Å². The molecule has 10 heteroatoms. The third kappa shape index (κ3) is 13.9. The highest BCUT2D eigenvalue weighted by molar-refractivity contribution is 5.73. The van der Waals surface area contributed by atoms with E-state index in [0.29, 0.717) is 24.5 Å². The molecular weight excluding hydrogens is 524 g/mol. The summed E-state index contributed by atoms with van der Waals surface area (Å²) in [5, 5.41) is 23.0. The van der Waals surface area contributed by atoms with Gasteiger partial charge in [-0.1, -0.05) is 26.0 Å². The van der Waals surface area contributed by atoms with Crippen molar-refractivity contribution in [1.82, 2.24) is 15.1 Å². The number of non-ortho nitro benzene ring substituents is 1. The van der Waals surface area contributed by atoms with E-state index in [0.717, 1.165) is 24.9 Å². The third-order valence-corrected chi connectivity index (χ3v) is 7.47. The van der Waals surface area contributed by atoms with E-state index < -0.39 is 16.9 Å². The molecule has 10 nitrogen and oxygen atoms in total. The zero-order valence-corrected chi connectivity index (χ0v) is 25.2. The number of benzene rings is 1. The highest BCUT2D eigenvalue weighted by Crippen LogP contribution is 2.28. The summed E-state index contributed by atoms with van der Waals surface area (Å²) in [5.41, 5.74) is 0.743. The molecule has 2 fully saturated rings. The van der Waals surface area contributed by atoms with Crippen LogP contribution in [0.3, 0.4) is 0 Å². The number of nitro groups is 1. The minimum atomic E-state index is -0.718. The average molecular weight is 575 g/mol. The molecular formula is C31H50N4O6. The van der Waals surface area contributed by atoms with Crippen LogP contribution in [0.4, 0.5) is 5.69 Å². The lowest BCUT2D eigenvalue weighted by atomic mass is 10.00. The van der Waals surface area contributed by atoms with E-state index >= 15 is 0 Å². The molecule has 1 saturated heterocycles. The van der Waals surface area contributed by atoms with Crippen LogP contribution in [-0.4, -0.2) is 83.6 Å². The summed E-state index contributed by atoms with van der Waals surface area (Å²) in [4.78, 5) is 36.0. The Balaban J connectivity index is 0.000000439. The van der Waals surface area contributed by atoms with Crippen molar-refractivity contribution in [3.63, 3.8) is 0 Å². The van der Waals surface area contributed by atoms with E-state index in [1.807, 2.05) is 26.8 Å². The number of likely N-dealkylation sites (N-methyl/N-ethyl adjacent to an activating group) is 1. The first-order valence-electron chi connectivity index (χ1n) is 14.4. The first-order chi connectivity index (χ1) is 19.6. The van der Waals surface area contributed by atoms with Crippen LogP contribution < -0.4 is 5.32 Å². The number of ether oxygens (including phenoxy) is 1. The largest absolute Gasteiger partial charge is 0.480 e. The van der Waals surface area contributed by atoms with Crippen LogP contribution in [0.5, 0.6) is 0 Å². The molecule has 3 rings (SSSR count). The fourth-order valence-corrected chi connectivity index (χ4v) is 5.30. The molecule has 3 atom stereocenters. The van der Waals surface area contributed by atoms with Gasteiger partial charge in [-0.15, -0.1) is 13.2 Å². The minimum Gasteiger partial charge on any atom is -0.480 e. The van der Waals surface area contributed by atoms with Crippen molar-refractivity contribution >= 4 is 18.1 Å². The van der Waals surface area contributed by atoms with Gasteiger partial charge in [0, 0.05) is 37.3 Å². The molecule has 2 N–H and O–H groups in total. The number of carbonyl (C=O) groups excluding carboxylic acids is 1. The average Bonchev–Trinajstić information content (AvgIpc) is 3.38. The number of aliphatic carboxylic acids is 1. The van der Waals surface area contributed by atoms with Crippen molar-refractivity contribution in [3.8, 4) is 0 Å². The number of nitrogens with zero attached hydrogens (tertiary/aromatic N) is 3. The quantitative estimate of drug-likeness (QED) is 0.146. The van der Waals surface area contributed by atoms with Gasteiger partial charge in [0.1, 0.15) is 12.6 Å². The third-order valence-electron chi connectivity index (χ3n) is 7.47. The molecule has 41 heavy (non-hydrogen) atoms. The van der Waals surface area contributed by atoms with Gasteiger partial charge in [-0.3, -0.25) is 24.6 Å². The first-order valence-corrected chi connectivity index (χ1v) is 14.4. The summed E-state index contributed by atoms with van der Waals surface area (Å²) in [6.45, 7) is 18.0. The fraction of sp³-hybridized carbons (Fsp3) is 0.613. The van der Waals surface area contributed by atoms with Gasteiger partial charge in [0.05, 0.1) is 4.92 Å². The van der Waals surface area contributed by atoms with Crippen LogP contribution in [0.15, 0.2) is 49.6 Å². The van der Waals surface area contributed by atoms with Crippen molar-refractivity contribution in [2.24, 2.45) is 11.8 Å². The molecule has 1 aromatic rings. The fourth-order valence-electron chi connectivity index (χ4n) is 5.30. The van der Waals surface area contributed by atoms with Crippen molar-refractivity contribution in [2.75, 3.05) is 33.2 Å². The van der Waals surface area contributed by atoms with Gasteiger partial charge in [-0.25, -0.2) is 0 Å². The van der Waals surface area contributed by atoms with E-state index in [4.69, 9.17) is 0 Å². The van der Waals surface area contributed by atoms with Crippen molar-refractivity contribution in [2.45, 2.75) is 77.6 Å². The summed E-state index contributed by atoms with van der Waals surface area (Å²) in [7, 11) is 2.20. The second-order valence-electron chi connectivity index (χ2n) is 11.1. The molecule has 0 aromatic heterocycles. The number of nitrogens with one attached hydrogen (secondary N) is 1. The van der Waals surface area contributed by atoms with E-state index in [1.54, 1.807) is 18.2 Å². The number of nitro benzene ring substituents is 1. The van der Waals surface area contributed by atoms with Gasteiger partial charge in [0.2, 0.25) is 0 Å². The number of piperidine rings is 1. The summed E-state index contributed by atoms with van der Waals surface area (Å²) in [5.74, 6) is 0.119. The second-order valence-corrected chi connectivity index (χ2v) is 11.1. The molecule has 1 aliphatic carbocycles. The van der Waals surface area contributed by atoms with Gasteiger partial charge in [0.25, 0.3) is 12.2 Å². The van der Waals surface area contributed by atoms with E-state index in [2.05, 4.69) is 40.1 Å². The molecule has 230 valence electrons. The number of allylic oxidation sites excluding steroid dienone is 1. The Morgan fingerprint density at radius 1 is 1.22 bits per heavy atom. The Labute approximate surface area is 245 Å². The normalized spacial score (nSPS) is 19.8. The summed E-state index contributed by atoms with van der Waals surface area (Å²) >= 11 is 0. The lowest BCUT2D eigenvalue weighted by molar-refractivity contribution is -0.384. The minimum absolute atomic E-state index is 0.0230. The number of carboxylic acid groups (broad SMARTS) is 1. The maximum atomic E-state index is 11.4. The summed E-state index contributed by atoms with van der Waals surface area (Å²) in [6.07, 6.45) is 9.67. The molecule has 1 saturated carbocycles. The second kappa shape index (κ2) is 19.9. The van der Waals surface area contributed by atoms with Gasteiger partial charge in [-0.05, 0) is 88.7 Å². The lowest BCUT2D eigenvalue weighted by Gasteiger charge is -2.37. The maximum absolute atomic E-state index is 11.4. The predicted octanol–water partition coefficient (Wildman–Crippen LogP) is 4.90. The van der Waals surface area contributed by atoms with E-state index in [1.165, 1.54) is 51.0 Å².